The minimum absolute atomic E-state index is 0.0571. The highest BCUT2D eigenvalue weighted by atomic mass is 32.1. The lowest BCUT2D eigenvalue weighted by Gasteiger charge is -2.15. The van der Waals surface area contributed by atoms with Gasteiger partial charge in [0.2, 0.25) is 0 Å². The van der Waals surface area contributed by atoms with Crippen LogP contribution in [0.15, 0.2) is 36.4 Å². The quantitative estimate of drug-likeness (QED) is 0.458. The topological polar surface area (TPSA) is 20.3 Å². The second-order valence-corrected chi connectivity index (χ2v) is 4.76. The van der Waals surface area contributed by atoms with E-state index in [4.69, 9.17) is 12.2 Å². The van der Waals surface area contributed by atoms with Crippen molar-refractivity contribution in [2.75, 3.05) is 6.54 Å². The molecular formula is C15H17NOS. The second-order valence-electron chi connectivity index (χ2n) is 4.37. The molecule has 18 heavy (non-hydrogen) atoms. The summed E-state index contributed by atoms with van der Waals surface area (Å²) in [6, 6.07) is 7.59. The maximum absolute atomic E-state index is 12.2. The van der Waals surface area contributed by atoms with Crippen LogP contribution in [-0.2, 0) is 0 Å². The number of rotatable bonds is 5. The summed E-state index contributed by atoms with van der Waals surface area (Å²) >= 11 is 5.36. The van der Waals surface area contributed by atoms with Gasteiger partial charge in [-0.2, -0.15) is 0 Å². The van der Waals surface area contributed by atoms with E-state index >= 15 is 0 Å². The first-order valence-electron chi connectivity index (χ1n) is 6.32. The maximum Gasteiger partial charge on any atom is 0.259 e. The molecule has 1 aromatic carbocycles. The minimum Gasteiger partial charge on any atom is -0.298 e. The molecule has 0 saturated heterocycles. The molecule has 1 aromatic rings. The molecule has 94 valence electrons. The van der Waals surface area contributed by atoms with Crippen molar-refractivity contribution in [1.82, 2.24) is 4.90 Å². The van der Waals surface area contributed by atoms with Crippen molar-refractivity contribution in [3.05, 3.63) is 47.5 Å². The Hall–Kier alpha value is -1.48. The van der Waals surface area contributed by atoms with E-state index in [1.54, 1.807) is 4.90 Å². The van der Waals surface area contributed by atoms with Gasteiger partial charge in [0.25, 0.3) is 5.91 Å². The Labute approximate surface area is 113 Å². The van der Waals surface area contributed by atoms with E-state index in [0.29, 0.717) is 4.99 Å². The molecule has 0 spiro atoms. The van der Waals surface area contributed by atoms with Crippen LogP contribution in [0, 0.1) is 0 Å². The van der Waals surface area contributed by atoms with Crippen LogP contribution in [0.2, 0.25) is 0 Å². The van der Waals surface area contributed by atoms with E-state index < -0.39 is 0 Å². The normalized spacial score (nSPS) is 14.6. The predicted molar refractivity (Wildman–Crippen MR) is 77.8 cm³/mol. The Morgan fingerprint density at radius 3 is 2.61 bits per heavy atom. The number of benzene rings is 1. The zero-order chi connectivity index (χ0) is 13.0. The Morgan fingerprint density at radius 1 is 1.22 bits per heavy atom. The number of fused-ring (bicyclic) bond motifs is 1. The molecule has 1 aliphatic rings. The third-order valence-corrected chi connectivity index (χ3v) is 3.56. The first-order chi connectivity index (χ1) is 8.75. The predicted octanol–water partition coefficient (Wildman–Crippen LogP) is 3.56. The number of carbonyl (C=O) groups excluding carboxylic acids is 1. The lowest BCUT2D eigenvalue weighted by atomic mass is 10.1. The monoisotopic (exact) mass is 259 g/mol. The van der Waals surface area contributed by atoms with E-state index in [1.165, 1.54) is 0 Å². The smallest absolute Gasteiger partial charge is 0.259 e. The Bertz CT molecular complexity index is 458. The van der Waals surface area contributed by atoms with Gasteiger partial charge in [0.05, 0.1) is 5.56 Å². The van der Waals surface area contributed by atoms with Crippen LogP contribution in [0.4, 0.5) is 0 Å². The number of amides is 1. The van der Waals surface area contributed by atoms with Crippen molar-refractivity contribution >= 4 is 23.1 Å². The molecule has 2 rings (SSSR count). The Morgan fingerprint density at radius 2 is 1.94 bits per heavy atom. The summed E-state index contributed by atoms with van der Waals surface area (Å²) in [6.07, 6.45) is 7.36. The molecule has 0 N–H and O–H groups in total. The fraction of sp³-hybridized carbons (Fsp3) is 0.333. The highest BCUT2D eigenvalue weighted by Gasteiger charge is 2.31. The summed E-state index contributed by atoms with van der Waals surface area (Å²) < 4.78 is 0. The third-order valence-electron chi connectivity index (χ3n) is 3.12. The third kappa shape index (κ3) is 2.51. The van der Waals surface area contributed by atoms with E-state index in [1.807, 2.05) is 31.2 Å². The number of hydrogen-bond acceptors (Lipinski definition) is 2. The molecule has 0 fully saturated rings. The molecule has 0 bridgehead atoms. The fourth-order valence-electron chi connectivity index (χ4n) is 2.14. The van der Waals surface area contributed by atoms with E-state index in [0.717, 1.165) is 36.9 Å². The second kappa shape index (κ2) is 5.91. The van der Waals surface area contributed by atoms with Crippen molar-refractivity contribution in [3.63, 3.8) is 0 Å². The van der Waals surface area contributed by atoms with Gasteiger partial charge in [-0.15, -0.1) is 0 Å². The number of carbonyl (C=O) groups is 1. The molecule has 0 aromatic heterocycles. The molecule has 0 radical (unpaired) electrons. The van der Waals surface area contributed by atoms with Gasteiger partial charge < -0.3 is 0 Å². The molecule has 2 nitrogen and oxygen atoms in total. The molecule has 0 unspecified atom stereocenters. The molecule has 3 heteroatoms. The van der Waals surface area contributed by atoms with Crippen LogP contribution in [0.1, 0.15) is 42.1 Å². The number of hydrogen-bond donors (Lipinski definition) is 0. The average Bonchev–Trinajstić information content (AvgIpc) is 2.64. The zero-order valence-corrected chi connectivity index (χ0v) is 11.4. The van der Waals surface area contributed by atoms with E-state index in [9.17, 15) is 4.79 Å². The van der Waals surface area contributed by atoms with Crippen molar-refractivity contribution in [3.8, 4) is 0 Å². The van der Waals surface area contributed by atoms with Gasteiger partial charge in [0, 0.05) is 12.1 Å². The van der Waals surface area contributed by atoms with Crippen molar-refractivity contribution in [2.24, 2.45) is 0 Å². The van der Waals surface area contributed by atoms with E-state index in [2.05, 4.69) is 12.2 Å². The number of allylic oxidation sites excluding steroid dienone is 2. The Kier molecular flexibility index (Phi) is 4.26. The summed E-state index contributed by atoms with van der Waals surface area (Å²) in [7, 11) is 0. The van der Waals surface area contributed by atoms with E-state index in [-0.39, 0.29) is 5.91 Å². The zero-order valence-electron chi connectivity index (χ0n) is 10.6. The fourth-order valence-corrected chi connectivity index (χ4v) is 2.49. The van der Waals surface area contributed by atoms with Crippen molar-refractivity contribution < 1.29 is 4.79 Å². The van der Waals surface area contributed by atoms with Crippen LogP contribution >= 0.6 is 12.2 Å². The highest BCUT2D eigenvalue weighted by Crippen LogP contribution is 2.23. The first kappa shape index (κ1) is 13.0. The van der Waals surface area contributed by atoms with Crippen LogP contribution < -0.4 is 0 Å². The summed E-state index contributed by atoms with van der Waals surface area (Å²) in [5.74, 6) is 0.0571. The largest absolute Gasteiger partial charge is 0.298 e. The molecule has 0 aliphatic carbocycles. The number of thiocarbonyl (C=S) groups is 1. The molecule has 0 saturated carbocycles. The lowest BCUT2D eigenvalue weighted by molar-refractivity contribution is 0.0860. The lowest BCUT2D eigenvalue weighted by Crippen LogP contribution is -2.30. The maximum atomic E-state index is 12.2. The summed E-state index contributed by atoms with van der Waals surface area (Å²) in [5, 5.41) is 0. The van der Waals surface area contributed by atoms with Crippen LogP contribution in [0.25, 0.3) is 0 Å². The van der Waals surface area contributed by atoms with Gasteiger partial charge in [0.15, 0.2) is 0 Å². The number of unbranched alkanes of at least 4 members (excludes halogenated alkanes) is 2. The molecule has 1 aliphatic heterocycles. The van der Waals surface area contributed by atoms with Gasteiger partial charge in [-0.1, -0.05) is 42.6 Å². The average molecular weight is 259 g/mol. The molecule has 1 heterocycles. The molecule has 1 amide bonds. The standard InChI is InChI=1S/C15H17NOS/c1-2-3-4-5-8-11-16-14(17)12-9-6-7-10-13(12)15(16)18/h2-3,6-7,9-10H,4-5,8,11H2,1H3/b3-2-. The highest BCUT2D eigenvalue weighted by molar-refractivity contribution is 7.80. The van der Waals surface area contributed by atoms with Gasteiger partial charge >= 0.3 is 0 Å². The first-order valence-corrected chi connectivity index (χ1v) is 6.73. The molecular weight excluding hydrogens is 242 g/mol. The van der Waals surface area contributed by atoms with Crippen molar-refractivity contribution in [1.29, 1.82) is 0 Å². The Balaban J connectivity index is 1.96. The molecule has 0 atom stereocenters. The van der Waals surface area contributed by atoms with Crippen molar-refractivity contribution in [2.45, 2.75) is 26.2 Å². The minimum atomic E-state index is 0.0571. The summed E-state index contributed by atoms with van der Waals surface area (Å²) in [5.41, 5.74) is 1.65. The SMILES string of the molecule is C/C=C\CCCCN1C(=O)c2ccccc2C1=S. The van der Waals surface area contributed by atoms with Gasteiger partial charge in [-0.05, 0) is 32.3 Å². The van der Waals surface area contributed by atoms with Gasteiger partial charge in [-0.3, -0.25) is 9.69 Å². The van der Waals surface area contributed by atoms with Crippen LogP contribution in [-0.4, -0.2) is 22.3 Å². The van der Waals surface area contributed by atoms with Crippen LogP contribution in [0.3, 0.4) is 0 Å². The van der Waals surface area contributed by atoms with Crippen LogP contribution in [0.5, 0.6) is 0 Å². The van der Waals surface area contributed by atoms with Gasteiger partial charge in [0.1, 0.15) is 4.99 Å². The summed E-state index contributed by atoms with van der Waals surface area (Å²) in [4.78, 5) is 14.6. The summed E-state index contributed by atoms with van der Waals surface area (Å²) in [6.45, 7) is 2.75. The van der Waals surface area contributed by atoms with Gasteiger partial charge in [-0.25, -0.2) is 0 Å². The number of nitrogens with zero attached hydrogens (tertiary/aromatic N) is 1.